The molecule has 4 nitrogen and oxygen atoms in total. The largest absolute Gasteiger partial charge is 0.381 e. The number of carbonyl (C=O) groups excluding carboxylic acids is 1. The van der Waals surface area contributed by atoms with Crippen LogP contribution in [-0.2, 0) is 0 Å². The highest BCUT2D eigenvalue weighted by molar-refractivity contribution is 7.99. The topological polar surface area (TPSA) is 68.0 Å². The molecule has 1 fully saturated rings. The van der Waals surface area contributed by atoms with Crippen molar-refractivity contribution in [1.29, 1.82) is 0 Å². The van der Waals surface area contributed by atoms with Gasteiger partial charge in [-0.3, -0.25) is 9.78 Å². The molecule has 2 heterocycles. The van der Waals surface area contributed by atoms with Gasteiger partial charge in [0.05, 0.1) is 0 Å². The molecule has 16 heavy (non-hydrogen) atoms. The first-order valence-electron chi connectivity index (χ1n) is 5.36. The lowest BCUT2D eigenvalue weighted by Gasteiger charge is -2.23. The Labute approximate surface area is 99.0 Å². The van der Waals surface area contributed by atoms with Crippen LogP contribution in [0.2, 0.25) is 0 Å². The minimum atomic E-state index is -0.485. The molecule has 1 aliphatic rings. The van der Waals surface area contributed by atoms with Gasteiger partial charge < -0.3 is 11.1 Å². The fourth-order valence-electron chi connectivity index (χ4n) is 1.75. The predicted octanol–water partition coefficient (Wildman–Crippen LogP) is 1.49. The van der Waals surface area contributed by atoms with E-state index < -0.39 is 5.91 Å². The third kappa shape index (κ3) is 2.88. The third-order valence-electron chi connectivity index (χ3n) is 2.54. The average molecular weight is 237 g/mol. The van der Waals surface area contributed by atoms with Gasteiger partial charge in [0, 0.05) is 23.7 Å². The second-order valence-corrected chi connectivity index (χ2v) is 5.00. The molecule has 1 unspecified atom stereocenters. The Hall–Kier alpha value is -1.23. The number of carbonyl (C=O) groups is 1. The number of nitrogens with zero attached hydrogens (tertiary/aromatic N) is 1. The number of pyridine rings is 1. The van der Waals surface area contributed by atoms with Crippen molar-refractivity contribution in [3.05, 3.63) is 24.0 Å². The van der Waals surface area contributed by atoms with Crippen molar-refractivity contribution in [3.8, 4) is 0 Å². The molecular weight excluding hydrogens is 222 g/mol. The quantitative estimate of drug-likeness (QED) is 0.835. The lowest BCUT2D eigenvalue weighted by atomic mass is 10.1. The van der Waals surface area contributed by atoms with Gasteiger partial charge in [0.25, 0.3) is 5.91 Å². The summed E-state index contributed by atoms with van der Waals surface area (Å²) in [5, 5.41) is 3.41. The fraction of sp³-hybridized carbons (Fsp3) is 0.455. The molecule has 0 aromatic carbocycles. The first-order valence-corrected chi connectivity index (χ1v) is 6.51. The number of anilines is 1. The molecule has 0 aliphatic carbocycles. The second-order valence-electron chi connectivity index (χ2n) is 3.85. The van der Waals surface area contributed by atoms with Crippen LogP contribution in [0.5, 0.6) is 0 Å². The molecule has 1 saturated heterocycles. The number of nitrogens with two attached hydrogens (primary N) is 1. The van der Waals surface area contributed by atoms with E-state index in [1.165, 1.54) is 18.6 Å². The molecule has 1 atom stereocenters. The van der Waals surface area contributed by atoms with Gasteiger partial charge in [-0.05, 0) is 30.7 Å². The van der Waals surface area contributed by atoms with E-state index in [2.05, 4.69) is 10.3 Å². The van der Waals surface area contributed by atoms with Gasteiger partial charge in [0.1, 0.15) is 5.69 Å². The maximum Gasteiger partial charge on any atom is 0.267 e. The summed E-state index contributed by atoms with van der Waals surface area (Å²) in [6.07, 6.45) is 4.04. The van der Waals surface area contributed by atoms with Crippen LogP contribution < -0.4 is 11.1 Å². The van der Waals surface area contributed by atoms with Crippen LogP contribution in [0.25, 0.3) is 0 Å². The summed E-state index contributed by atoms with van der Waals surface area (Å²) in [7, 11) is 0. The summed E-state index contributed by atoms with van der Waals surface area (Å²) in [4.78, 5) is 14.9. The molecule has 1 aliphatic heterocycles. The Morgan fingerprint density at radius 1 is 1.62 bits per heavy atom. The van der Waals surface area contributed by atoms with Crippen molar-refractivity contribution in [1.82, 2.24) is 4.98 Å². The van der Waals surface area contributed by atoms with Gasteiger partial charge in [0.15, 0.2) is 0 Å². The van der Waals surface area contributed by atoms with Gasteiger partial charge in [-0.15, -0.1) is 0 Å². The van der Waals surface area contributed by atoms with Gasteiger partial charge in [0.2, 0.25) is 0 Å². The molecule has 1 aromatic rings. The number of nitrogens with one attached hydrogen (secondary N) is 1. The summed E-state index contributed by atoms with van der Waals surface area (Å²) in [5.74, 6) is 1.89. The van der Waals surface area contributed by atoms with Gasteiger partial charge >= 0.3 is 0 Å². The average Bonchev–Trinajstić information content (AvgIpc) is 2.30. The third-order valence-corrected chi connectivity index (χ3v) is 3.76. The highest BCUT2D eigenvalue weighted by Gasteiger charge is 2.13. The predicted molar refractivity (Wildman–Crippen MR) is 66.7 cm³/mol. The molecule has 0 spiro atoms. The summed E-state index contributed by atoms with van der Waals surface area (Å²) in [6, 6.07) is 4.06. The molecule has 3 N–H and O–H groups in total. The summed E-state index contributed by atoms with van der Waals surface area (Å²) >= 11 is 1.96. The number of primary amides is 1. The van der Waals surface area contributed by atoms with Crippen molar-refractivity contribution in [2.45, 2.75) is 18.9 Å². The number of amides is 1. The Morgan fingerprint density at radius 2 is 2.50 bits per heavy atom. The second kappa shape index (κ2) is 5.21. The number of thioether (sulfide) groups is 1. The molecule has 0 saturated carbocycles. The first-order chi connectivity index (χ1) is 7.75. The van der Waals surface area contributed by atoms with Gasteiger partial charge in [-0.1, -0.05) is 0 Å². The van der Waals surface area contributed by atoms with Crippen LogP contribution in [-0.4, -0.2) is 28.4 Å². The van der Waals surface area contributed by atoms with E-state index in [0.717, 1.165) is 11.4 Å². The van der Waals surface area contributed by atoms with E-state index in [0.29, 0.717) is 11.7 Å². The molecule has 5 heteroatoms. The number of hydrogen-bond donors (Lipinski definition) is 2. The van der Waals surface area contributed by atoms with Crippen LogP contribution >= 0.6 is 11.8 Å². The van der Waals surface area contributed by atoms with Crippen molar-refractivity contribution in [2.24, 2.45) is 5.73 Å². The summed E-state index contributed by atoms with van der Waals surface area (Å²) in [6.45, 7) is 0. The minimum absolute atomic E-state index is 0.313. The van der Waals surface area contributed by atoms with Crippen LogP contribution in [0.3, 0.4) is 0 Å². The van der Waals surface area contributed by atoms with Crippen molar-refractivity contribution in [3.63, 3.8) is 0 Å². The maximum atomic E-state index is 11.0. The zero-order chi connectivity index (χ0) is 11.4. The van der Waals surface area contributed by atoms with E-state index in [1.807, 2.05) is 17.8 Å². The summed E-state index contributed by atoms with van der Waals surface area (Å²) < 4.78 is 0. The maximum absolute atomic E-state index is 11.0. The van der Waals surface area contributed by atoms with E-state index in [9.17, 15) is 4.79 Å². The Kier molecular flexibility index (Phi) is 3.66. The molecule has 0 bridgehead atoms. The zero-order valence-corrected chi connectivity index (χ0v) is 9.80. The minimum Gasteiger partial charge on any atom is -0.381 e. The fourth-order valence-corrected chi connectivity index (χ4v) is 2.82. The van der Waals surface area contributed by atoms with Crippen molar-refractivity contribution < 1.29 is 4.79 Å². The van der Waals surface area contributed by atoms with Crippen LogP contribution in [0, 0.1) is 0 Å². The van der Waals surface area contributed by atoms with Crippen LogP contribution in [0.4, 0.5) is 5.69 Å². The molecular formula is C11H15N3OS. The highest BCUT2D eigenvalue weighted by atomic mass is 32.2. The Balaban J connectivity index is 2.02. The van der Waals surface area contributed by atoms with E-state index in [1.54, 1.807) is 12.3 Å². The first kappa shape index (κ1) is 11.3. The zero-order valence-electron chi connectivity index (χ0n) is 8.98. The lowest BCUT2D eigenvalue weighted by Crippen LogP contribution is -2.26. The SMILES string of the molecule is NC(=O)c1cc(NC2CCCSC2)ccn1. The highest BCUT2D eigenvalue weighted by Crippen LogP contribution is 2.20. The molecule has 0 radical (unpaired) electrons. The monoisotopic (exact) mass is 237 g/mol. The van der Waals surface area contributed by atoms with Crippen molar-refractivity contribution >= 4 is 23.4 Å². The normalized spacial score (nSPS) is 20.4. The molecule has 1 aromatic heterocycles. The number of hydrogen-bond acceptors (Lipinski definition) is 4. The van der Waals surface area contributed by atoms with Gasteiger partial charge in [-0.25, -0.2) is 0 Å². The van der Waals surface area contributed by atoms with E-state index >= 15 is 0 Å². The number of aromatic nitrogens is 1. The smallest absolute Gasteiger partial charge is 0.267 e. The van der Waals surface area contributed by atoms with E-state index in [-0.39, 0.29) is 0 Å². The molecule has 86 valence electrons. The van der Waals surface area contributed by atoms with Crippen molar-refractivity contribution in [2.75, 3.05) is 16.8 Å². The summed E-state index contributed by atoms with van der Waals surface area (Å²) in [5.41, 5.74) is 6.42. The van der Waals surface area contributed by atoms with Crippen LogP contribution in [0.15, 0.2) is 18.3 Å². The van der Waals surface area contributed by atoms with E-state index in [4.69, 9.17) is 5.73 Å². The lowest BCUT2D eigenvalue weighted by molar-refractivity contribution is 0.0995. The van der Waals surface area contributed by atoms with Gasteiger partial charge in [-0.2, -0.15) is 11.8 Å². The van der Waals surface area contributed by atoms with Crippen LogP contribution in [0.1, 0.15) is 23.3 Å². The Morgan fingerprint density at radius 3 is 3.19 bits per heavy atom. The number of rotatable bonds is 3. The molecule has 1 amide bonds. The standard InChI is InChI=1S/C11H15N3OS/c12-11(15)10-6-8(3-4-13-10)14-9-2-1-5-16-7-9/h3-4,6,9H,1-2,5,7H2,(H2,12,15)(H,13,14). The Bertz CT molecular complexity index is 377. The molecule has 2 rings (SSSR count).